The van der Waals surface area contributed by atoms with E-state index in [4.69, 9.17) is 5.11 Å². The van der Waals surface area contributed by atoms with Crippen molar-refractivity contribution in [3.05, 3.63) is 12.2 Å². The molecule has 1 aliphatic rings. The third-order valence-electron chi connectivity index (χ3n) is 2.31. The average molecular weight is 140 g/mol. The highest BCUT2D eigenvalue weighted by atomic mass is 16.4. The van der Waals surface area contributed by atoms with E-state index >= 15 is 0 Å². The molecule has 0 saturated heterocycles. The molecule has 0 bridgehead atoms. The summed E-state index contributed by atoms with van der Waals surface area (Å²) in [6.07, 6.45) is 6.06. The van der Waals surface area contributed by atoms with Crippen molar-refractivity contribution >= 4 is 5.97 Å². The van der Waals surface area contributed by atoms with Crippen molar-refractivity contribution in [1.29, 1.82) is 0 Å². The molecule has 0 aromatic rings. The van der Waals surface area contributed by atoms with Crippen LogP contribution in [0.25, 0.3) is 0 Å². The molecule has 0 spiro atoms. The summed E-state index contributed by atoms with van der Waals surface area (Å²) in [6.45, 7) is 1.93. The molecular formula is C8H12O2. The topological polar surface area (TPSA) is 37.3 Å². The summed E-state index contributed by atoms with van der Waals surface area (Å²) < 4.78 is 0. The number of carboxylic acid groups (broad SMARTS) is 1. The van der Waals surface area contributed by atoms with Crippen LogP contribution in [0, 0.1) is 5.41 Å². The molecule has 0 heterocycles. The van der Waals surface area contributed by atoms with Crippen molar-refractivity contribution in [2.24, 2.45) is 5.41 Å². The van der Waals surface area contributed by atoms with E-state index < -0.39 is 11.4 Å². The molecular weight excluding hydrogens is 128 g/mol. The number of carbonyl (C=O) groups is 1. The second-order valence-corrected chi connectivity index (χ2v) is 2.82. The SMILES string of the molecule is CCC1(C(=O)O)CC=CC1. The average Bonchev–Trinajstić information content (AvgIpc) is 2.35. The second-order valence-electron chi connectivity index (χ2n) is 2.82. The first-order valence-corrected chi connectivity index (χ1v) is 3.60. The van der Waals surface area contributed by atoms with Gasteiger partial charge in [-0.25, -0.2) is 0 Å². The number of carboxylic acids is 1. The Morgan fingerprint density at radius 1 is 1.60 bits per heavy atom. The fourth-order valence-corrected chi connectivity index (χ4v) is 1.32. The van der Waals surface area contributed by atoms with Gasteiger partial charge < -0.3 is 5.11 Å². The molecule has 1 rings (SSSR count). The molecule has 0 atom stereocenters. The highest BCUT2D eigenvalue weighted by Crippen LogP contribution is 2.36. The fourth-order valence-electron chi connectivity index (χ4n) is 1.32. The predicted molar refractivity (Wildman–Crippen MR) is 38.7 cm³/mol. The summed E-state index contributed by atoms with van der Waals surface area (Å²) in [5.74, 6) is -0.653. The number of hydrogen-bond donors (Lipinski definition) is 1. The molecule has 1 N–H and O–H groups in total. The Morgan fingerprint density at radius 3 is 2.30 bits per heavy atom. The molecule has 0 saturated carbocycles. The first-order valence-electron chi connectivity index (χ1n) is 3.60. The van der Waals surface area contributed by atoms with Crippen molar-refractivity contribution in [3.63, 3.8) is 0 Å². The number of hydrogen-bond acceptors (Lipinski definition) is 1. The Balaban J connectivity index is 2.70. The lowest BCUT2D eigenvalue weighted by Gasteiger charge is -2.20. The van der Waals surface area contributed by atoms with Gasteiger partial charge >= 0.3 is 5.97 Å². The summed E-state index contributed by atoms with van der Waals surface area (Å²) in [6, 6.07) is 0. The van der Waals surface area contributed by atoms with Gasteiger partial charge in [0.15, 0.2) is 0 Å². The number of allylic oxidation sites excluding steroid dienone is 2. The van der Waals surface area contributed by atoms with Crippen LogP contribution in [0.3, 0.4) is 0 Å². The summed E-state index contributed by atoms with van der Waals surface area (Å²) in [7, 11) is 0. The quantitative estimate of drug-likeness (QED) is 0.594. The van der Waals surface area contributed by atoms with E-state index in [1.54, 1.807) is 0 Å². The number of rotatable bonds is 2. The molecule has 1 aliphatic carbocycles. The van der Waals surface area contributed by atoms with Crippen molar-refractivity contribution in [3.8, 4) is 0 Å². The maximum Gasteiger partial charge on any atom is 0.310 e. The summed E-state index contributed by atoms with van der Waals surface area (Å²) in [4.78, 5) is 10.7. The zero-order valence-electron chi connectivity index (χ0n) is 6.13. The minimum absolute atomic E-state index is 0.458. The van der Waals surface area contributed by atoms with E-state index in [0.717, 1.165) is 6.42 Å². The highest BCUT2D eigenvalue weighted by Gasteiger charge is 2.36. The first kappa shape index (κ1) is 7.32. The summed E-state index contributed by atoms with van der Waals surface area (Å²) in [5, 5.41) is 8.82. The lowest BCUT2D eigenvalue weighted by atomic mass is 9.83. The van der Waals surface area contributed by atoms with Gasteiger partial charge in [0.1, 0.15) is 0 Å². The Kier molecular flexibility index (Phi) is 1.79. The van der Waals surface area contributed by atoms with E-state index in [1.165, 1.54) is 0 Å². The molecule has 56 valence electrons. The van der Waals surface area contributed by atoms with Crippen LogP contribution < -0.4 is 0 Å². The van der Waals surface area contributed by atoms with Gasteiger partial charge in [0.2, 0.25) is 0 Å². The van der Waals surface area contributed by atoms with Gasteiger partial charge in [0.25, 0.3) is 0 Å². The molecule has 2 heteroatoms. The Hall–Kier alpha value is -0.790. The third kappa shape index (κ3) is 0.939. The third-order valence-corrected chi connectivity index (χ3v) is 2.31. The predicted octanol–water partition coefficient (Wildman–Crippen LogP) is 1.82. The molecule has 0 aromatic heterocycles. The zero-order valence-corrected chi connectivity index (χ0v) is 6.13. The molecule has 0 amide bonds. The van der Waals surface area contributed by atoms with Crippen LogP contribution in [0.5, 0.6) is 0 Å². The smallest absolute Gasteiger partial charge is 0.310 e. The second kappa shape index (κ2) is 2.45. The van der Waals surface area contributed by atoms with E-state index in [2.05, 4.69) is 0 Å². The van der Waals surface area contributed by atoms with Gasteiger partial charge in [-0.15, -0.1) is 0 Å². The van der Waals surface area contributed by atoms with Gasteiger partial charge in [0, 0.05) is 0 Å². The Bertz CT molecular complexity index is 162. The maximum atomic E-state index is 10.7. The van der Waals surface area contributed by atoms with E-state index in [-0.39, 0.29) is 0 Å². The van der Waals surface area contributed by atoms with Crippen molar-refractivity contribution in [1.82, 2.24) is 0 Å². The Morgan fingerprint density at radius 2 is 2.10 bits per heavy atom. The highest BCUT2D eigenvalue weighted by molar-refractivity contribution is 5.75. The molecule has 10 heavy (non-hydrogen) atoms. The van der Waals surface area contributed by atoms with Crippen molar-refractivity contribution in [2.45, 2.75) is 26.2 Å². The molecule has 0 fully saturated rings. The van der Waals surface area contributed by atoms with Crippen molar-refractivity contribution in [2.75, 3.05) is 0 Å². The van der Waals surface area contributed by atoms with E-state index in [1.807, 2.05) is 19.1 Å². The van der Waals surface area contributed by atoms with Crippen LogP contribution in [0.15, 0.2) is 12.2 Å². The minimum atomic E-state index is -0.653. The molecule has 0 radical (unpaired) electrons. The van der Waals surface area contributed by atoms with Crippen LogP contribution >= 0.6 is 0 Å². The standard InChI is InChI=1S/C8H12O2/c1-2-8(7(9)10)5-3-4-6-8/h3-4H,2,5-6H2,1H3,(H,9,10). The molecule has 0 aliphatic heterocycles. The van der Waals surface area contributed by atoms with Gasteiger partial charge in [-0.3, -0.25) is 4.79 Å². The van der Waals surface area contributed by atoms with Gasteiger partial charge in [0.05, 0.1) is 5.41 Å². The molecule has 0 aromatic carbocycles. The van der Waals surface area contributed by atoms with Crippen LogP contribution in [-0.4, -0.2) is 11.1 Å². The van der Waals surface area contributed by atoms with Crippen molar-refractivity contribution < 1.29 is 9.90 Å². The summed E-state index contributed by atoms with van der Waals surface area (Å²) in [5.41, 5.74) is -0.458. The van der Waals surface area contributed by atoms with Gasteiger partial charge in [-0.1, -0.05) is 19.1 Å². The normalized spacial score (nSPS) is 21.3. The fraction of sp³-hybridized carbons (Fsp3) is 0.625. The lowest BCUT2D eigenvalue weighted by Crippen LogP contribution is -2.26. The Labute approximate surface area is 60.6 Å². The van der Waals surface area contributed by atoms with E-state index in [0.29, 0.717) is 12.8 Å². The molecule has 0 unspecified atom stereocenters. The van der Waals surface area contributed by atoms with E-state index in [9.17, 15) is 4.79 Å². The van der Waals surface area contributed by atoms with Crippen LogP contribution in [0.1, 0.15) is 26.2 Å². The first-order chi connectivity index (χ1) is 4.71. The van der Waals surface area contributed by atoms with Crippen LogP contribution in [-0.2, 0) is 4.79 Å². The van der Waals surface area contributed by atoms with Crippen LogP contribution in [0.2, 0.25) is 0 Å². The minimum Gasteiger partial charge on any atom is -0.481 e. The van der Waals surface area contributed by atoms with Crippen LogP contribution in [0.4, 0.5) is 0 Å². The zero-order chi connectivity index (χ0) is 7.61. The largest absolute Gasteiger partial charge is 0.481 e. The van der Waals surface area contributed by atoms with Gasteiger partial charge in [-0.05, 0) is 19.3 Å². The number of aliphatic carboxylic acids is 1. The monoisotopic (exact) mass is 140 g/mol. The van der Waals surface area contributed by atoms with Gasteiger partial charge in [-0.2, -0.15) is 0 Å². The molecule has 2 nitrogen and oxygen atoms in total. The lowest BCUT2D eigenvalue weighted by molar-refractivity contribution is -0.148. The summed E-state index contributed by atoms with van der Waals surface area (Å²) >= 11 is 0. The maximum absolute atomic E-state index is 10.7.